The minimum absolute atomic E-state index is 0.214. The minimum atomic E-state index is 0.214. The number of hydrogen-bond donors (Lipinski definition) is 2. The van der Waals surface area contributed by atoms with Crippen molar-refractivity contribution in [1.82, 2.24) is 0 Å². The summed E-state index contributed by atoms with van der Waals surface area (Å²) in [5.41, 5.74) is 3.25. The Bertz CT molecular complexity index is 628. The Kier molecular flexibility index (Phi) is 3.29. The zero-order valence-corrected chi connectivity index (χ0v) is 11.7. The smallest absolute Gasteiger partial charge is 0.115 e. The average Bonchev–Trinajstić information content (AvgIpc) is 2.77. The van der Waals surface area contributed by atoms with E-state index in [0.29, 0.717) is 15.8 Å². The summed E-state index contributed by atoms with van der Waals surface area (Å²) in [7, 11) is 0. The lowest BCUT2D eigenvalue weighted by atomic mass is 10.1. The summed E-state index contributed by atoms with van der Waals surface area (Å²) in [6.45, 7) is 0. The summed E-state index contributed by atoms with van der Waals surface area (Å²) in [5.74, 6) is 0.320. The average molecular weight is 294 g/mol. The number of aromatic hydroxyl groups is 1. The van der Waals surface area contributed by atoms with Crippen LogP contribution in [0.25, 0.3) is 0 Å². The van der Waals surface area contributed by atoms with Crippen molar-refractivity contribution in [2.45, 2.75) is 18.9 Å². The maximum absolute atomic E-state index is 9.49. The van der Waals surface area contributed by atoms with E-state index in [0.717, 1.165) is 18.5 Å². The molecule has 2 N–H and O–H groups in total. The van der Waals surface area contributed by atoms with E-state index in [9.17, 15) is 5.11 Å². The van der Waals surface area contributed by atoms with E-state index in [1.54, 1.807) is 12.1 Å². The van der Waals surface area contributed by atoms with Crippen LogP contribution in [0.5, 0.6) is 5.75 Å². The first kappa shape index (κ1) is 12.6. The van der Waals surface area contributed by atoms with Gasteiger partial charge in [-0.1, -0.05) is 35.3 Å². The SMILES string of the molecule is Oc1ccc2c(c1)CCC2Nc1cccc(Cl)c1Cl. The van der Waals surface area contributed by atoms with Gasteiger partial charge in [0.05, 0.1) is 21.8 Å². The van der Waals surface area contributed by atoms with Gasteiger partial charge in [-0.05, 0) is 48.2 Å². The molecule has 3 rings (SSSR count). The van der Waals surface area contributed by atoms with Crippen LogP contribution in [0, 0.1) is 0 Å². The Morgan fingerprint density at radius 2 is 2.00 bits per heavy atom. The molecule has 0 aromatic heterocycles. The van der Waals surface area contributed by atoms with E-state index in [1.807, 2.05) is 24.3 Å². The van der Waals surface area contributed by atoms with Gasteiger partial charge in [-0.2, -0.15) is 0 Å². The minimum Gasteiger partial charge on any atom is -0.508 e. The predicted molar refractivity (Wildman–Crippen MR) is 79.3 cm³/mol. The van der Waals surface area contributed by atoms with Crippen LogP contribution in [-0.4, -0.2) is 5.11 Å². The normalized spacial score (nSPS) is 17.3. The third kappa shape index (κ3) is 2.38. The van der Waals surface area contributed by atoms with Crippen LogP contribution in [-0.2, 0) is 6.42 Å². The number of halogens is 2. The molecular weight excluding hydrogens is 281 g/mol. The first-order chi connectivity index (χ1) is 9.15. The number of benzene rings is 2. The van der Waals surface area contributed by atoms with E-state index in [-0.39, 0.29) is 6.04 Å². The van der Waals surface area contributed by atoms with Crippen LogP contribution < -0.4 is 5.32 Å². The van der Waals surface area contributed by atoms with Gasteiger partial charge in [0.25, 0.3) is 0 Å². The molecule has 1 aliphatic carbocycles. The molecule has 4 heteroatoms. The molecule has 2 nitrogen and oxygen atoms in total. The Labute approximate surface area is 122 Å². The quantitative estimate of drug-likeness (QED) is 0.834. The van der Waals surface area contributed by atoms with E-state index >= 15 is 0 Å². The second kappa shape index (κ2) is 4.95. The van der Waals surface area contributed by atoms with Gasteiger partial charge in [-0.25, -0.2) is 0 Å². The van der Waals surface area contributed by atoms with Crippen molar-refractivity contribution in [3.05, 3.63) is 57.6 Å². The van der Waals surface area contributed by atoms with Gasteiger partial charge in [-0.15, -0.1) is 0 Å². The number of nitrogens with one attached hydrogen (secondary N) is 1. The van der Waals surface area contributed by atoms with Gasteiger partial charge in [0.2, 0.25) is 0 Å². The molecule has 0 fully saturated rings. The van der Waals surface area contributed by atoms with E-state index in [1.165, 1.54) is 11.1 Å². The second-order valence-corrected chi connectivity index (χ2v) is 5.51. The van der Waals surface area contributed by atoms with Crippen LogP contribution in [0.3, 0.4) is 0 Å². The van der Waals surface area contributed by atoms with Gasteiger partial charge in [0.15, 0.2) is 0 Å². The predicted octanol–water partition coefficient (Wildman–Crippen LogP) is 4.80. The van der Waals surface area contributed by atoms with Crippen LogP contribution in [0.1, 0.15) is 23.6 Å². The Morgan fingerprint density at radius 3 is 2.84 bits per heavy atom. The maximum Gasteiger partial charge on any atom is 0.115 e. The van der Waals surface area contributed by atoms with Crippen molar-refractivity contribution in [3.63, 3.8) is 0 Å². The summed E-state index contributed by atoms with van der Waals surface area (Å²) < 4.78 is 0. The van der Waals surface area contributed by atoms with Gasteiger partial charge in [0, 0.05) is 0 Å². The van der Waals surface area contributed by atoms with Crippen molar-refractivity contribution in [3.8, 4) is 5.75 Å². The fourth-order valence-electron chi connectivity index (χ4n) is 2.56. The van der Waals surface area contributed by atoms with Crippen molar-refractivity contribution >= 4 is 28.9 Å². The first-order valence-corrected chi connectivity index (χ1v) is 6.93. The monoisotopic (exact) mass is 293 g/mol. The lowest BCUT2D eigenvalue weighted by Crippen LogP contribution is -2.07. The lowest BCUT2D eigenvalue weighted by molar-refractivity contribution is 0.474. The summed E-state index contributed by atoms with van der Waals surface area (Å²) >= 11 is 12.2. The Balaban J connectivity index is 1.89. The number of phenols is 1. The number of fused-ring (bicyclic) bond motifs is 1. The molecule has 1 aliphatic rings. The molecule has 98 valence electrons. The molecule has 19 heavy (non-hydrogen) atoms. The van der Waals surface area contributed by atoms with E-state index in [2.05, 4.69) is 5.32 Å². The molecule has 0 bridgehead atoms. The van der Waals surface area contributed by atoms with Crippen LogP contribution in [0.2, 0.25) is 10.0 Å². The summed E-state index contributed by atoms with van der Waals surface area (Å²) in [5, 5.41) is 14.0. The van der Waals surface area contributed by atoms with Gasteiger partial charge in [0.1, 0.15) is 5.75 Å². The van der Waals surface area contributed by atoms with Gasteiger partial charge >= 0.3 is 0 Å². The molecule has 1 atom stereocenters. The van der Waals surface area contributed by atoms with E-state index in [4.69, 9.17) is 23.2 Å². The van der Waals surface area contributed by atoms with E-state index < -0.39 is 0 Å². The number of anilines is 1. The molecule has 0 aliphatic heterocycles. The van der Waals surface area contributed by atoms with Gasteiger partial charge < -0.3 is 10.4 Å². The molecule has 0 saturated carbocycles. The third-order valence-electron chi connectivity index (χ3n) is 3.49. The second-order valence-electron chi connectivity index (χ2n) is 4.72. The largest absolute Gasteiger partial charge is 0.508 e. The molecule has 1 unspecified atom stereocenters. The topological polar surface area (TPSA) is 32.3 Å². The van der Waals surface area contributed by atoms with Crippen LogP contribution in [0.15, 0.2) is 36.4 Å². The summed E-state index contributed by atoms with van der Waals surface area (Å²) in [6.07, 6.45) is 1.95. The van der Waals surface area contributed by atoms with Crippen molar-refractivity contribution < 1.29 is 5.11 Å². The van der Waals surface area contributed by atoms with Crippen LogP contribution in [0.4, 0.5) is 5.69 Å². The zero-order chi connectivity index (χ0) is 13.4. The highest BCUT2D eigenvalue weighted by Crippen LogP contribution is 2.38. The maximum atomic E-state index is 9.49. The standard InChI is InChI=1S/C15H13Cl2NO/c16-12-2-1-3-14(15(12)17)18-13-7-4-9-8-10(19)5-6-11(9)13/h1-3,5-6,8,13,18-19H,4,7H2. The third-order valence-corrected chi connectivity index (χ3v) is 4.30. The Morgan fingerprint density at radius 1 is 1.16 bits per heavy atom. The summed E-state index contributed by atoms with van der Waals surface area (Å²) in [6, 6.07) is 11.3. The first-order valence-electron chi connectivity index (χ1n) is 6.17. The molecule has 0 radical (unpaired) electrons. The van der Waals surface area contributed by atoms with Crippen LogP contribution >= 0.6 is 23.2 Å². The molecule has 0 amide bonds. The van der Waals surface area contributed by atoms with Crippen molar-refractivity contribution in [1.29, 1.82) is 0 Å². The molecule has 0 heterocycles. The molecule has 2 aromatic carbocycles. The highest BCUT2D eigenvalue weighted by molar-refractivity contribution is 6.43. The molecule has 0 saturated heterocycles. The highest BCUT2D eigenvalue weighted by atomic mass is 35.5. The van der Waals surface area contributed by atoms with Crippen molar-refractivity contribution in [2.75, 3.05) is 5.32 Å². The zero-order valence-electron chi connectivity index (χ0n) is 10.2. The fourth-order valence-corrected chi connectivity index (χ4v) is 2.91. The molecular formula is C15H13Cl2NO. The number of phenolic OH excluding ortho intramolecular Hbond substituents is 1. The number of aryl methyl sites for hydroxylation is 1. The number of hydrogen-bond acceptors (Lipinski definition) is 2. The highest BCUT2D eigenvalue weighted by Gasteiger charge is 2.23. The Hall–Kier alpha value is -1.38. The van der Waals surface area contributed by atoms with Crippen molar-refractivity contribution in [2.24, 2.45) is 0 Å². The lowest BCUT2D eigenvalue weighted by Gasteiger charge is -2.17. The molecule has 0 spiro atoms. The van der Waals surface area contributed by atoms with Gasteiger partial charge in [-0.3, -0.25) is 0 Å². The molecule has 2 aromatic rings. The number of rotatable bonds is 2. The summed E-state index contributed by atoms with van der Waals surface area (Å²) in [4.78, 5) is 0. The fraction of sp³-hybridized carbons (Fsp3) is 0.200.